The molecule has 2 fully saturated rings. The van der Waals surface area contributed by atoms with Gasteiger partial charge >= 0.3 is 6.18 Å². The number of alkyl halides is 3. The van der Waals surface area contributed by atoms with Crippen molar-refractivity contribution in [3.05, 3.63) is 71.3 Å². The second kappa shape index (κ2) is 8.36. The average molecular weight is 425 g/mol. The number of nitrogens with zero attached hydrogens (tertiary/aromatic N) is 1. The molecule has 29 heavy (non-hydrogen) atoms. The van der Waals surface area contributed by atoms with Crippen molar-refractivity contribution in [1.82, 2.24) is 4.90 Å². The number of carbonyl (C=O) groups excluding carboxylic acids is 1. The standard InChI is InChI=1S/C22H23F3N2O.ClH/c23-22(24,25)17-8-4-7-15(9-17)18-10-19(18)21(28)27-12-16(11-26)20(13-27)14-5-2-1-3-6-14;/h1-9,16,18-20H,10-13,26H2;1H/t16-,18?,19?,20+;/m1./s1. The molecule has 1 amide bonds. The van der Waals surface area contributed by atoms with Crippen LogP contribution in [0.5, 0.6) is 0 Å². The number of halogens is 4. The van der Waals surface area contributed by atoms with E-state index in [0.29, 0.717) is 31.6 Å². The second-order valence-corrected chi connectivity index (χ2v) is 7.83. The molecule has 4 atom stereocenters. The van der Waals surface area contributed by atoms with Crippen LogP contribution in [-0.4, -0.2) is 30.4 Å². The smallest absolute Gasteiger partial charge is 0.341 e. The maximum atomic E-state index is 13.0. The summed E-state index contributed by atoms with van der Waals surface area (Å²) >= 11 is 0. The SMILES string of the molecule is Cl.NC[C@@H]1CN(C(=O)C2CC2c2cccc(C(F)(F)F)c2)C[C@H]1c1ccccc1. The lowest BCUT2D eigenvalue weighted by molar-refractivity contribution is -0.137. The maximum absolute atomic E-state index is 13.0. The first-order valence-corrected chi connectivity index (χ1v) is 9.59. The van der Waals surface area contributed by atoms with Gasteiger partial charge in [-0.25, -0.2) is 0 Å². The zero-order valence-electron chi connectivity index (χ0n) is 15.8. The van der Waals surface area contributed by atoms with E-state index in [1.807, 2.05) is 23.1 Å². The third kappa shape index (κ3) is 4.43. The predicted molar refractivity (Wildman–Crippen MR) is 108 cm³/mol. The zero-order valence-corrected chi connectivity index (χ0v) is 16.6. The first kappa shape index (κ1) is 21.7. The maximum Gasteiger partial charge on any atom is 0.416 e. The molecule has 2 aromatic rings. The number of carbonyl (C=O) groups is 1. The van der Waals surface area contributed by atoms with E-state index in [1.165, 1.54) is 17.7 Å². The van der Waals surface area contributed by atoms with Crippen molar-refractivity contribution in [1.29, 1.82) is 0 Å². The highest BCUT2D eigenvalue weighted by atomic mass is 35.5. The molecule has 2 aliphatic rings. The van der Waals surface area contributed by atoms with Gasteiger partial charge in [-0.3, -0.25) is 4.79 Å². The number of hydrogen-bond acceptors (Lipinski definition) is 2. The Bertz CT molecular complexity index is 859. The van der Waals surface area contributed by atoms with Crippen LogP contribution in [0.15, 0.2) is 54.6 Å². The van der Waals surface area contributed by atoms with Crippen LogP contribution in [0.3, 0.4) is 0 Å². The third-order valence-electron chi connectivity index (χ3n) is 6.03. The Morgan fingerprint density at radius 1 is 1.00 bits per heavy atom. The Kier molecular flexibility index (Phi) is 6.24. The highest BCUT2D eigenvalue weighted by Gasteiger charge is 2.48. The molecule has 7 heteroatoms. The summed E-state index contributed by atoms with van der Waals surface area (Å²) in [6.45, 7) is 1.74. The predicted octanol–water partition coefficient (Wildman–Crippen LogP) is 4.43. The number of rotatable bonds is 4. The van der Waals surface area contributed by atoms with Crippen LogP contribution in [0.4, 0.5) is 13.2 Å². The van der Waals surface area contributed by atoms with Gasteiger partial charge in [-0.1, -0.05) is 48.5 Å². The monoisotopic (exact) mass is 424 g/mol. The first-order valence-electron chi connectivity index (χ1n) is 9.59. The van der Waals surface area contributed by atoms with Crippen LogP contribution >= 0.6 is 12.4 Å². The summed E-state index contributed by atoms with van der Waals surface area (Å²) in [4.78, 5) is 14.8. The van der Waals surface area contributed by atoms with E-state index >= 15 is 0 Å². The van der Waals surface area contributed by atoms with Gasteiger partial charge in [0, 0.05) is 24.9 Å². The van der Waals surface area contributed by atoms with Crippen LogP contribution in [0, 0.1) is 11.8 Å². The quantitative estimate of drug-likeness (QED) is 0.789. The summed E-state index contributed by atoms with van der Waals surface area (Å²) in [5.41, 5.74) is 7.07. The summed E-state index contributed by atoms with van der Waals surface area (Å²) in [5, 5.41) is 0. The summed E-state index contributed by atoms with van der Waals surface area (Å²) in [7, 11) is 0. The minimum absolute atomic E-state index is 0. The van der Waals surface area contributed by atoms with Gasteiger partial charge in [0.25, 0.3) is 0 Å². The molecular weight excluding hydrogens is 401 g/mol. The van der Waals surface area contributed by atoms with Crippen LogP contribution in [0.2, 0.25) is 0 Å². The number of benzene rings is 2. The molecule has 4 rings (SSSR count). The Morgan fingerprint density at radius 2 is 1.69 bits per heavy atom. The zero-order chi connectivity index (χ0) is 19.9. The van der Waals surface area contributed by atoms with Crippen LogP contribution < -0.4 is 5.73 Å². The van der Waals surface area contributed by atoms with Crippen molar-refractivity contribution in [2.75, 3.05) is 19.6 Å². The fraction of sp³-hybridized carbons (Fsp3) is 0.409. The van der Waals surface area contributed by atoms with Crippen molar-refractivity contribution in [2.24, 2.45) is 17.6 Å². The van der Waals surface area contributed by atoms with Gasteiger partial charge in [0.2, 0.25) is 5.91 Å². The number of likely N-dealkylation sites (tertiary alicyclic amines) is 1. The van der Waals surface area contributed by atoms with Crippen molar-refractivity contribution >= 4 is 18.3 Å². The largest absolute Gasteiger partial charge is 0.416 e. The molecule has 3 nitrogen and oxygen atoms in total. The van der Waals surface area contributed by atoms with E-state index in [0.717, 1.165) is 6.07 Å². The molecule has 2 aromatic carbocycles. The van der Waals surface area contributed by atoms with E-state index in [9.17, 15) is 18.0 Å². The molecular formula is C22H24ClF3N2O. The van der Waals surface area contributed by atoms with E-state index in [1.54, 1.807) is 6.07 Å². The average Bonchev–Trinajstić information content (AvgIpc) is 3.38. The summed E-state index contributed by atoms with van der Waals surface area (Å²) in [5.74, 6) is 0.107. The Morgan fingerprint density at radius 3 is 2.34 bits per heavy atom. The van der Waals surface area contributed by atoms with Crippen molar-refractivity contribution in [2.45, 2.75) is 24.4 Å². The molecule has 1 aliphatic heterocycles. The Labute approximate surface area is 174 Å². The number of amides is 1. The van der Waals surface area contributed by atoms with Gasteiger partial charge in [0.1, 0.15) is 0 Å². The Hall–Kier alpha value is -2.05. The molecule has 0 aromatic heterocycles. The van der Waals surface area contributed by atoms with Gasteiger partial charge in [0.05, 0.1) is 5.56 Å². The minimum Gasteiger partial charge on any atom is -0.341 e. The first-order chi connectivity index (χ1) is 13.4. The van der Waals surface area contributed by atoms with Crippen molar-refractivity contribution in [3.8, 4) is 0 Å². The van der Waals surface area contributed by atoms with Gasteiger partial charge in [0.15, 0.2) is 0 Å². The van der Waals surface area contributed by atoms with E-state index in [2.05, 4.69) is 12.1 Å². The second-order valence-electron chi connectivity index (χ2n) is 7.83. The molecule has 0 radical (unpaired) electrons. The van der Waals surface area contributed by atoms with Gasteiger partial charge < -0.3 is 10.6 Å². The van der Waals surface area contributed by atoms with E-state index < -0.39 is 11.7 Å². The summed E-state index contributed by atoms with van der Waals surface area (Å²) in [6, 6.07) is 15.4. The minimum atomic E-state index is -4.36. The van der Waals surface area contributed by atoms with Gasteiger partial charge in [-0.15, -0.1) is 12.4 Å². The molecule has 156 valence electrons. The van der Waals surface area contributed by atoms with Crippen LogP contribution in [0.25, 0.3) is 0 Å². The molecule has 0 spiro atoms. The van der Waals surface area contributed by atoms with Crippen molar-refractivity contribution in [3.63, 3.8) is 0 Å². The van der Waals surface area contributed by atoms with Crippen molar-refractivity contribution < 1.29 is 18.0 Å². The van der Waals surface area contributed by atoms with Gasteiger partial charge in [-0.05, 0) is 42.0 Å². The molecule has 1 heterocycles. The lowest BCUT2D eigenvalue weighted by atomic mass is 9.89. The lowest BCUT2D eigenvalue weighted by Gasteiger charge is -2.17. The molecule has 2 N–H and O–H groups in total. The molecule has 0 bridgehead atoms. The topological polar surface area (TPSA) is 46.3 Å². The summed E-state index contributed by atoms with van der Waals surface area (Å²) < 4.78 is 38.9. The fourth-order valence-corrected chi connectivity index (χ4v) is 4.38. The highest BCUT2D eigenvalue weighted by molar-refractivity contribution is 5.85. The summed E-state index contributed by atoms with van der Waals surface area (Å²) in [6.07, 6.45) is -3.75. The molecule has 1 aliphatic carbocycles. The fourth-order valence-electron chi connectivity index (χ4n) is 4.38. The number of hydrogen-bond donors (Lipinski definition) is 1. The van der Waals surface area contributed by atoms with Crippen LogP contribution in [-0.2, 0) is 11.0 Å². The lowest BCUT2D eigenvalue weighted by Crippen LogP contribution is -2.31. The molecule has 1 saturated heterocycles. The Balaban J connectivity index is 0.00000240. The van der Waals surface area contributed by atoms with Gasteiger partial charge in [-0.2, -0.15) is 13.2 Å². The third-order valence-corrected chi connectivity index (χ3v) is 6.03. The van der Waals surface area contributed by atoms with E-state index in [4.69, 9.17) is 5.73 Å². The van der Waals surface area contributed by atoms with Crippen LogP contribution in [0.1, 0.15) is 34.9 Å². The molecule has 1 saturated carbocycles. The normalized spacial score (nSPS) is 26.1. The molecule has 2 unspecified atom stereocenters. The number of nitrogens with two attached hydrogens (primary N) is 1. The van der Waals surface area contributed by atoms with E-state index in [-0.39, 0.29) is 42.0 Å². The highest BCUT2D eigenvalue weighted by Crippen LogP contribution is 2.50.